The van der Waals surface area contributed by atoms with Gasteiger partial charge in [-0.25, -0.2) is 0 Å². The van der Waals surface area contributed by atoms with E-state index < -0.39 is 41.9 Å². The first-order valence-corrected chi connectivity index (χ1v) is 8.95. The standard InChI is InChI=1S/C6H12N2O4S2.C5H10N2O3/c7-3(5(9)10)1-13-14-2-4(8)6(11)12;6-3(5(9)10)1-2-4(7)8/h3-4H,1-2,7-8H2,(H,9,10)(H,11,12);3H,1-2,6H2,(H2,7,8)(H,9,10)/t3-,4?;3-/m00/s1. The molecule has 0 aromatic heterocycles. The predicted molar refractivity (Wildman–Crippen MR) is 90.2 cm³/mol. The zero-order valence-corrected chi connectivity index (χ0v) is 14.3. The number of primary amides is 1. The van der Waals surface area contributed by atoms with Crippen LogP contribution in [-0.4, -0.2) is 68.8 Å². The van der Waals surface area contributed by atoms with Crippen molar-refractivity contribution >= 4 is 45.4 Å². The van der Waals surface area contributed by atoms with Crippen molar-refractivity contribution in [1.82, 2.24) is 0 Å². The minimum absolute atomic E-state index is 0.0213. The Morgan fingerprint density at radius 3 is 1.33 bits per heavy atom. The number of rotatable bonds is 11. The van der Waals surface area contributed by atoms with Crippen molar-refractivity contribution in [3.63, 3.8) is 0 Å². The fraction of sp³-hybridized carbons (Fsp3) is 0.636. The summed E-state index contributed by atoms with van der Waals surface area (Å²) in [7, 11) is 2.41. The average Bonchev–Trinajstić information content (AvgIpc) is 2.48. The number of aliphatic carboxylic acids is 3. The molecule has 0 aromatic carbocycles. The van der Waals surface area contributed by atoms with E-state index in [0.717, 1.165) is 0 Å². The fourth-order valence-electron chi connectivity index (χ4n) is 0.807. The first kappa shape index (κ1) is 24.7. The molecule has 0 aromatic rings. The largest absolute Gasteiger partial charge is 0.480 e. The third-order valence-corrected chi connectivity index (χ3v) is 4.71. The van der Waals surface area contributed by atoms with Crippen molar-refractivity contribution < 1.29 is 34.5 Å². The molecule has 11 N–H and O–H groups in total. The first-order chi connectivity index (χ1) is 11.0. The Morgan fingerprint density at radius 1 is 0.750 bits per heavy atom. The molecule has 140 valence electrons. The Hall–Kier alpha value is -1.54. The number of carboxylic acids is 3. The van der Waals surface area contributed by atoms with Gasteiger partial charge in [-0.1, -0.05) is 21.6 Å². The minimum Gasteiger partial charge on any atom is -0.480 e. The zero-order chi connectivity index (χ0) is 19.3. The molecule has 0 saturated heterocycles. The lowest BCUT2D eigenvalue weighted by Crippen LogP contribution is -2.33. The smallest absolute Gasteiger partial charge is 0.321 e. The van der Waals surface area contributed by atoms with E-state index in [1.165, 1.54) is 21.6 Å². The molecule has 0 saturated carbocycles. The van der Waals surface area contributed by atoms with E-state index in [1.54, 1.807) is 0 Å². The van der Waals surface area contributed by atoms with Gasteiger partial charge in [0.05, 0.1) is 0 Å². The highest BCUT2D eigenvalue weighted by Gasteiger charge is 2.14. The maximum Gasteiger partial charge on any atom is 0.321 e. The Kier molecular flexibility index (Phi) is 14.3. The van der Waals surface area contributed by atoms with Crippen LogP contribution in [0.25, 0.3) is 0 Å². The van der Waals surface area contributed by atoms with Crippen LogP contribution in [0.3, 0.4) is 0 Å². The molecule has 0 fully saturated rings. The van der Waals surface area contributed by atoms with Crippen LogP contribution in [0.4, 0.5) is 0 Å². The van der Waals surface area contributed by atoms with Gasteiger partial charge in [0.1, 0.15) is 18.1 Å². The van der Waals surface area contributed by atoms with Crippen molar-refractivity contribution in [3.05, 3.63) is 0 Å². The predicted octanol–water partition coefficient (Wildman–Crippen LogP) is -2.14. The van der Waals surface area contributed by atoms with Gasteiger partial charge in [-0.15, -0.1) is 0 Å². The lowest BCUT2D eigenvalue weighted by molar-refractivity contribution is -0.139. The summed E-state index contributed by atoms with van der Waals surface area (Å²) in [6.45, 7) is 0. The van der Waals surface area contributed by atoms with Crippen molar-refractivity contribution in [2.45, 2.75) is 31.0 Å². The number of carboxylic acid groups (broad SMARTS) is 3. The Morgan fingerprint density at radius 2 is 1.08 bits per heavy atom. The highest BCUT2D eigenvalue weighted by Crippen LogP contribution is 2.22. The molecule has 0 bridgehead atoms. The van der Waals surface area contributed by atoms with Crippen molar-refractivity contribution in [2.24, 2.45) is 22.9 Å². The minimum atomic E-state index is -1.11. The molecule has 1 unspecified atom stereocenters. The van der Waals surface area contributed by atoms with E-state index >= 15 is 0 Å². The summed E-state index contributed by atoms with van der Waals surface area (Å²) in [6, 6.07) is -2.82. The third-order valence-electron chi connectivity index (χ3n) is 2.23. The summed E-state index contributed by atoms with van der Waals surface area (Å²) in [4.78, 5) is 40.7. The number of hydrogen-bond acceptors (Lipinski definition) is 9. The van der Waals surface area contributed by atoms with Crippen LogP contribution in [0.1, 0.15) is 12.8 Å². The number of carbonyl (C=O) groups excluding carboxylic acids is 1. The van der Waals surface area contributed by atoms with Crippen LogP contribution in [0.2, 0.25) is 0 Å². The molecule has 11 nitrogen and oxygen atoms in total. The third kappa shape index (κ3) is 15.4. The van der Waals surface area contributed by atoms with Gasteiger partial charge in [0.25, 0.3) is 0 Å². The summed E-state index contributed by atoms with van der Waals surface area (Å²) >= 11 is 0. The Labute approximate surface area is 145 Å². The molecule has 24 heavy (non-hydrogen) atoms. The number of nitrogens with two attached hydrogens (primary N) is 4. The summed E-state index contributed by atoms with van der Waals surface area (Å²) < 4.78 is 0. The van der Waals surface area contributed by atoms with Crippen molar-refractivity contribution in [2.75, 3.05) is 11.5 Å². The van der Waals surface area contributed by atoms with Crippen LogP contribution < -0.4 is 22.9 Å². The molecular formula is C11H22N4O7S2. The van der Waals surface area contributed by atoms with Crippen molar-refractivity contribution in [1.29, 1.82) is 0 Å². The van der Waals surface area contributed by atoms with Gasteiger partial charge in [-0.05, 0) is 6.42 Å². The topological polar surface area (TPSA) is 233 Å². The molecule has 0 spiro atoms. The van der Waals surface area contributed by atoms with E-state index in [9.17, 15) is 19.2 Å². The van der Waals surface area contributed by atoms with Gasteiger partial charge in [0.2, 0.25) is 5.91 Å². The number of carbonyl (C=O) groups is 4. The maximum absolute atomic E-state index is 10.3. The van der Waals surface area contributed by atoms with Crippen LogP contribution in [-0.2, 0) is 19.2 Å². The van der Waals surface area contributed by atoms with E-state index in [2.05, 4.69) is 0 Å². The van der Waals surface area contributed by atoms with E-state index in [1.807, 2.05) is 0 Å². The first-order valence-electron chi connectivity index (χ1n) is 6.46. The molecule has 3 atom stereocenters. The summed E-state index contributed by atoms with van der Waals surface area (Å²) in [5, 5.41) is 25.0. The fourth-order valence-corrected chi connectivity index (χ4v) is 3.03. The average molecular weight is 386 g/mol. The van der Waals surface area contributed by atoms with E-state index in [-0.39, 0.29) is 24.3 Å². The normalized spacial score (nSPS) is 13.8. The molecular weight excluding hydrogens is 364 g/mol. The Balaban J connectivity index is 0. The second-order valence-electron chi connectivity index (χ2n) is 4.41. The molecule has 0 radical (unpaired) electrons. The summed E-state index contributed by atoms with van der Waals surface area (Å²) in [5.74, 6) is -3.32. The monoisotopic (exact) mass is 386 g/mol. The summed E-state index contributed by atoms with van der Waals surface area (Å²) in [5.41, 5.74) is 20.2. The summed E-state index contributed by atoms with van der Waals surface area (Å²) in [6.07, 6.45) is 0.123. The van der Waals surface area contributed by atoms with E-state index in [4.69, 9.17) is 38.3 Å². The van der Waals surface area contributed by atoms with Gasteiger partial charge in [-0.3, -0.25) is 19.2 Å². The molecule has 0 aliphatic rings. The number of hydrogen-bond donors (Lipinski definition) is 7. The lowest BCUT2D eigenvalue weighted by Gasteiger charge is -2.07. The second kappa shape index (κ2) is 13.9. The van der Waals surface area contributed by atoms with Gasteiger partial charge < -0.3 is 38.3 Å². The quantitative estimate of drug-likeness (QED) is 0.149. The highest BCUT2D eigenvalue weighted by atomic mass is 33.1. The van der Waals surface area contributed by atoms with E-state index in [0.29, 0.717) is 0 Å². The second-order valence-corrected chi connectivity index (χ2v) is 6.96. The van der Waals surface area contributed by atoms with Crippen LogP contribution in [0.15, 0.2) is 0 Å². The lowest BCUT2D eigenvalue weighted by atomic mass is 10.2. The van der Waals surface area contributed by atoms with Crippen LogP contribution in [0, 0.1) is 0 Å². The van der Waals surface area contributed by atoms with Crippen molar-refractivity contribution in [3.8, 4) is 0 Å². The molecule has 13 heteroatoms. The molecule has 0 aliphatic heterocycles. The molecule has 0 heterocycles. The van der Waals surface area contributed by atoms with Gasteiger partial charge in [0, 0.05) is 17.9 Å². The van der Waals surface area contributed by atoms with Gasteiger partial charge in [0.15, 0.2) is 0 Å². The van der Waals surface area contributed by atoms with Gasteiger partial charge in [-0.2, -0.15) is 0 Å². The van der Waals surface area contributed by atoms with Gasteiger partial charge >= 0.3 is 17.9 Å². The van der Waals surface area contributed by atoms with Crippen LogP contribution >= 0.6 is 21.6 Å². The molecule has 0 rings (SSSR count). The SMILES string of the molecule is NC(=O)CC[C@H](N)C(=O)O.NC(CSSC[C@H](N)C(=O)O)C(=O)O. The van der Waals surface area contributed by atoms with Crippen LogP contribution in [0.5, 0.6) is 0 Å². The highest BCUT2D eigenvalue weighted by molar-refractivity contribution is 8.76. The zero-order valence-electron chi connectivity index (χ0n) is 12.7. The Bertz CT molecular complexity index is 417. The maximum atomic E-state index is 10.3. The number of amides is 1. The molecule has 0 aliphatic carbocycles. The molecule has 1 amide bonds.